The van der Waals surface area contributed by atoms with E-state index in [1.54, 1.807) is 7.11 Å². The summed E-state index contributed by atoms with van der Waals surface area (Å²) in [7, 11) is 1.64. The molecule has 170 valence electrons. The Balaban J connectivity index is 1.46. The molecular weight excluding hydrogens is 494 g/mol. The third-order valence-electron chi connectivity index (χ3n) is 5.72. The number of hydrogen-bond donors (Lipinski definition) is 1. The molecule has 0 radical (unpaired) electrons. The zero-order chi connectivity index (χ0) is 23.7. The van der Waals surface area contributed by atoms with Crippen LogP contribution >= 0.6 is 15.9 Å². The Kier molecular flexibility index (Phi) is 5.94. The highest BCUT2D eigenvalue weighted by atomic mass is 79.9. The molecule has 0 unspecified atom stereocenters. The average Bonchev–Trinajstić information content (AvgIpc) is 3.44. The van der Waals surface area contributed by atoms with Gasteiger partial charge >= 0.3 is 0 Å². The fourth-order valence-electron chi connectivity index (χ4n) is 3.91. The van der Waals surface area contributed by atoms with Crippen molar-refractivity contribution >= 4 is 32.8 Å². The van der Waals surface area contributed by atoms with Gasteiger partial charge in [-0.3, -0.25) is 4.79 Å². The van der Waals surface area contributed by atoms with Gasteiger partial charge in [-0.2, -0.15) is 5.10 Å². The Morgan fingerprint density at radius 1 is 1.09 bits per heavy atom. The van der Waals surface area contributed by atoms with Gasteiger partial charge in [-0.25, -0.2) is 4.68 Å². The predicted octanol–water partition coefficient (Wildman–Crippen LogP) is 6.30. The lowest BCUT2D eigenvalue weighted by molar-refractivity contribution is 0.0924. The first kappa shape index (κ1) is 22.0. The third-order valence-corrected chi connectivity index (χ3v) is 6.21. The summed E-state index contributed by atoms with van der Waals surface area (Å²) in [5.41, 5.74) is 5.04. The minimum absolute atomic E-state index is 0.266. The van der Waals surface area contributed by atoms with Crippen molar-refractivity contribution in [3.05, 3.63) is 100 Å². The fourth-order valence-corrected chi connectivity index (χ4v) is 4.27. The molecule has 1 N–H and O–H groups in total. The van der Waals surface area contributed by atoms with Crippen LogP contribution in [0.4, 0.5) is 0 Å². The summed E-state index contributed by atoms with van der Waals surface area (Å²) in [6.07, 6.45) is 1.94. The van der Waals surface area contributed by atoms with Crippen LogP contribution in [0.5, 0.6) is 5.75 Å². The van der Waals surface area contributed by atoms with E-state index < -0.39 is 0 Å². The number of nitrogens with zero attached hydrogens (tertiary/aromatic N) is 2. The van der Waals surface area contributed by atoms with Crippen molar-refractivity contribution < 1.29 is 13.9 Å². The van der Waals surface area contributed by atoms with E-state index in [0.717, 1.165) is 43.7 Å². The lowest BCUT2D eigenvalue weighted by Crippen LogP contribution is -2.23. The molecule has 0 atom stereocenters. The van der Waals surface area contributed by atoms with Gasteiger partial charge in [-0.1, -0.05) is 34.1 Å². The number of benzene rings is 3. The molecular formula is C27H22BrN3O3. The number of carbonyl (C=O) groups excluding carboxylic acids is 1. The molecule has 34 heavy (non-hydrogen) atoms. The first-order valence-corrected chi connectivity index (χ1v) is 11.6. The Morgan fingerprint density at radius 3 is 2.59 bits per heavy atom. The Labute approximate surface area is 205 Å². The molecule has 5 rings (SSSR count). The number of methoxy groups -OCH3 is 1. The van der Waals surface area contributed by atoms with Crippen LogP contribution in [0.2, 0.25) is 0 Å². The number of aryl methyl sites for hydroxylation is 1. The van der Waals surface area contributed by atoms with Crippen LogP contribution in [0, 0.1) is 6.92 Å². The van der Waals surface area contributed by atoms with Gasteiger partial charge in [-0.15, -0.1) is 0 Å². The fraction of sp³-hybridized carbons (Fsp3) is 0.111. The van der Waals surface area contributed by atoms with E-state index in [9.17, 15) is 4.79 Å². The highest BCUT2D eigenvalue weighted by Crippen LogP contribution is 2.29. The molecule has 2 heterocycles. The van der Waals surface area contributed by atoms with E-state index in [1.807, 2.05) is 90.6 Å². The minimum Gasteiger partial charge on any atom is -0.497 e. The maximum atomic E-state index is 13.0. The van der Waals surface area contributed by atoms with Crippen molar-refractivity contribution in [1.29, 1.82) is 0 Å². The lowest BCUT2D eigenvalue weighted by atomic mass is 10.1. The van der Waals surface area contributed by atoms with Gasteiger partial charge in [-0.05, 0) is 61.5 Å². The van der Waals surface area contributed by atoms with Gasteiger partial charge in [0.05, 0.1) is 18.5 Å². The van der Waals surface area contributed by atoms with Crippen molar-refractivity contribution in [1.82, 2.24) is 15.1 Å². The second-order valence-corrected chi connectivity index (χ2v) is 8.81. The van der Waals surface area contributed by atoms with E-state index in [1.165, 1.54) is 0 Å². The molecule has 0 saturated heterocycles. The van der Waals surface area contributed by atoms with E-state index >= 15 is 0 Å². The van der Waals surface area contributed by atoms with E-state index in [0.29, 0.717) is 17.9 Å². The number of fused-ring (bicyclic) bond motifs is 1. The maximum absolute atomic E-state index is 13.0. The highest BCUT2D eigenvalue weighted by Gasteiger charge is 2.19. The summed E-state index contributed by atoms with van der Waals surface area (Å²) in [6, 6.07) is 23.3. The normalized spacial score (nSPS) is 11.0. The number of halogens is 1. The van der Waals surface area contributed by atoms with Crippen LogP contribution in [0.1, 0.15) is 21.7 Å². The van der Waals surface area contributed by atoms with Gasteiger partial charge in [0, 0.05) is 39.3 Å². The smallest absolute Gasteiger partial charge is 0.287 e. The van der Waals surface area contributed by atoms with Crippen LogP contribution in [0.15, 0.2) is 87.9 Å². The lowest BCUT2D eigenvalue weighted by Gasteiger charge is -2.06. The quantitative estimate of drug-likeness (QED) is 0.288. The van der Waals surface area contributed by atoms with Crippen molar-refractivity contribution in [2.45, 2.75) is 13.5 Å². The van der Waals surface area contributed by atoms with Crippen molar-refractivity contribution in [2.75, 3.05) is 7.11 Å². The van der Waals surface area contributed by atoms with E-state index in [2.05, 4.69) is 21.2 Å². The van der Waals surface area contributed by atoms with Gasteiger partial charge in [0.1, 0.15) is 11.3 Å². The number of rotatable bonds is 6. The van der Waals surface area contributed by atoms with Crippen LogP contribution in [0.3, 0.4) is 0 Å². The molecule has 1 amide bonds. The first-order chi connectivity index (χ1) is 16.5. The first-order valence-electron chi connectivity index (χ1n) is 10.8. The zero-order valence-electron chi connectivity index (χ0n) is 18.7. The number of furan rings is 1. The molecule has 0 aliphatic heterocycles. The summed E-state index contributed by atoms with van der Waals surface area (Å²) in [4.78, 5) is 13.0. The zero-order valence-corrected chi connectivity index (χ0v) is 20.3. The third kappa shape index (κ3) is 4.22. The molecule has 6 nitrogen and oxygen atoms in total. The van der Waals surface area contributed by atoms with Gasteiger partial charge in [0.15, 0.2) is 5.76 Å². The van der Waals surface area contributed by atoms with Gasteiger partial charge in [0.2, 0.25) is 0 Å². The Bertz CT molecular complexity index is 1470. The van der Waals surface area contributed by atoms with Crippen LogP contribution in [-0.2, 0) is 6.54 Å². The Morgan fingerprint density at radius 2 is 1.85 bits per heavy atom. The molecule has 0 spiro atoms. The number of para-hydroxylation sites is 1. The second kappa shape index (κ2) is 9.19. The minimum atomic E-state index is -0.266. The number of nitrogens with one attached hydrogen (secondary N) is 1. The monoisotopic (exact) mass is 515 g/mol. The predicted molar refractivity (Wildman–Crippen MR) is 135 cm³/mol. The molecule has 5 aromatic rings. The van der Waals surface area contributed by atoms with Gasteiger partial charge in [0.25, 0.3) is 5.91 Å². The standard InChI is InChI=1S/C27H22BrN3O3/c1-17-23-14-20(28)10-13-24(23)34-26(17)27(32)29-15-19-16-31(21-6-4-3-5-7-21)30-25(19)18-8-11-22(33-2)12-9-18/h3-14,16H,15H2,1-2H3,(H,29,32). The average molecular weight is 516 g/mol. The molecule has 0 aliphatic rings. The second-order valence-electron chi connectivity index (χ2n) is 7.89. The summed E-state index contributed by atoms with van der Waals surface area (Å²) in [5, 5.41) is 8.73. The molecule has 0 saturated carbocycles. The van der Waals surface area contributed by atoms with Crippen molar-refractivity contribution in [3.63, 3.8) is 0 Å². The Hall–Kier alpha value is -3.84. The van der Waals surface area contributed by atoms with Gasteiger partial charge < -0.3 is 14.5 Å². The molecule has 2 aromatic heterocycles. The number of aromatic nitrogens is 2. The van der Waals surface area contributed by atoms with Crippen molar-refractivity contribution in [2.24, 2.45) is 0 Å². The van der Waals surface area contributed by atoms with E-state index in [4.69, 9.17) is 14.3 Å². The molecule has 7 heteroatoms. The summed E-state index contributed by atoms with van der Waals surface area (Å²) < 4.78 is 13.9. The number of ether oxygens (including phenoxy) is 1. The summed E-state index contributed by atoms with van der Waals surface area (Å²) >= 11 is 3.48. The number of amides is 1. The van der Waals surface area contributed by atoms with Crippen LogP contribution < -0.4 is 10.1 Å². The molecule has 0 bridgehead atoms. The van der Waals surface area contributed by atoms with E-state index in [-0.39, 0.29) is 5.91 Å². The number of carbonyl (C=O) groups is 1. The number of hydrogen-bond acceptors (Lipinski definition) is 4. The summed E-state index contributed by atoms with van der Waals surface area (Å²) in [5.74, 6) is 0.820. The van der Waals surface area contributed by atoms with Crippen LogP contribution in [-0.4, -0.2) is 22.8 Å². The molecule has 0 fully saturated rings. The summed E-state index contributed by atoms with van der Waals surface area (Å²) in [6.45, 7) is 2.19. The van der Waals surface area contributed by atoms with Crippen LogP contribution in [0.25, 0.3) is 27.9 Å². The molecule has 3 aromatic carbocycles. The highest BCUT2D eigenvalue weighted by molar-refractivity contribution is 9.10. The maximum Gasteiger partial charge on any atom is 0.287 e. The largest absolute Gasteiger partial charge is 0.497 e. The SMILES string of the molecule is COc1ccc(-c2nn(-c3ccccc3)cc2CNC(=O)c2oc3ccc(Br)cc3c2C)cc1. The van der Waals surface area contributed by atoms with Crippen molar-refractivity contribution in [3.8, 4) is 22.7 Å². The molecule has 0 aliphatic carbocycles. The topological polar surface area (TPSA) is 69.3 Å².